The van der Waals surface area contributed by atoms with Crippen LogP contribution in [0.1, 0.15) is 36.5 Å². The number of fused-ring (bicyclic) bond motifs is 1. The van der Waals surface area contributed by atoms with Crippen molar-refractivity contribution in [3.8, 4) is 0 Å². The van der Waals surface area contributed by atoms with E-state index >= 15 is 0 Å². The van der Waals surface area contributed by atoms with E-state index in [1.165, 1.54) is 18.4 Å². The minimum atomic E-state index is 0.177. The summed E-state index contributed by atoms with van der Waals surface area (Å²) in [5.41, 5.74) is 4.18. The summed E-state index contributed by atoms with van der Waals surface area (Å²) in [5.74, 6) is 0.822. The minimum absolute atomic E-state index is 0.177. The summed E-state index contributed by atoms with van der Waals surface area (Å²) >= 11 is 0. The third-order valence-electron chi connectivity index (χ3n) is 5.46. The molecule has 1 heterocycles. The van der Waals surface area contributed by atoms with E-state index in [2.05, 4.69) is 36.1 Å². The monoisotopic (exact) mass is 347 g/mol. The van der Waals surface area contributed by atoms with Crippen molar-refractivity contribution in [3.05, 3.63) is 71.5 Å². The zero-order chi connectivity index (χ0) is 18.1. The summed E-state index contributed by atoms with van der Waals surface area (Å²) in [5, 5.41) is 1.04. The predicted molar refractivity (Wildman–Crippen MR) is 104 cm³/mol. The number of rotatable bonds is 6. The number of amides is 1. The van der Waals surface area contributed by atoms with Gasteiger partial charge in [-0.05, 0) is 49.8 Å². The van der Waals surface area contributed by atoms with Gasteiger partial charge >= 0.3 is 0 Å². The van der Waals surface area contributed by atoms with Crippen molar-refractivity contribution >= 4 is 16.9 Å². The molecule has 2 aromatic carbocycles. The van der Waals surface area contributed by atoms with Gasteiger partial charge in [-0.15, -0.1) is 0 Å². The second-order valence-electron chi connectivity index (χ2n) is 7.52. The topological polar surface area (TPSA) is 33.5 Å². The molecule has 1 saturated carbocycles. The predicted octanol–water partition coefficient (Wildman–Crippen LogP) is 5.11. The van der Waals surface area contributed by atoms with E-state index in [4.69, 9.17) is 4.42 Å². The Morgan fingerprint density at radius 2 is 1.96 bits per heavy atom. The van der Waals surface area contributed by atoms with Gasteiger partial charge in [0.25, 0.3) is 0 Å². The van der Waals surface area contributed by atoms with E-state index in [-0.39, 0.29) is 11.9 Å². The van der Waals surface area contributed by atoms with Crippen molar-refractivity contribution in [1.82, 2.24) is 4.90 Å². The Labute approximate surface area is 154 Å². The summed E-state index contributed by atoms with van der Waals surface area (Å²) in [7, 11) is 0. The van der Waals surface area contributed by atoms with Gasteiger partial charge in [0, 0.05) is 23.5 Å². The number of carbonyl (C=O) groups excluding carboxylic acids is 1. The van der Waals surface area contributed by atoms with Gasteiger partial charge in [0.2, 0.25) is 5.91 Å². The van der Waals surface area contributed by atoms with E-state index in [0.29, 0.717) is 18.9 Å². The molecule has 0 bridgehead atoms. The molecule has 3 aromatic rings. The summed E-state index contributed by atoms with van der Waals surface area (Å²) in [6.07, 6.45) is 4.59. The van der Waals surface area contributed by atoms with E-state index in [0.717, 1.165) is 22.1 Å². The lowest BCUT2D eigenvalue weighted by atomic mass is 10.1. The number of aryl methyl sites for hydroxylation is 1. The Morgan fingerprint density at radius 3 is 2.69 bits per heavy atom. The molecule has 0 saturated heterocycles. The number of hydrogen-bond donors (Lipinski definition) is 0. The fourth-order valence-electron chi connectivity index (χ4n) is 3.66. The number of hydrogen-bond acceptors (Lipinski definition) is 2. The van der Waals surface area contributed by atoms with E-state index < -0.39 is 0 Å². The van der Waals surface area contributed by atoms with Gasteiger partial charge < -0.3 is 9.32 Å². The first kappa shape index (κ1) is 16.9. The summed E-state index contributed by atoms with van der Waals surface area (Å²) in [4.78, 5) is 15.2. The van der Waals surface area contributed by atoms with Crippen LogP contribution in [0.5, 0.6) is 0 Å². The number of nitrogens with zero attached hydrogens (tertiary/aromatic N) is 1. The van der Waals surface area contributed by atoms with Gasteiger partial charge in [-0.25, -0.2) is 0 Å². The molecule has 1 aromatic heterocycles. The molecule has 1 aliphatic rings. The summed E-state index contributed by atoms with van der Waals surface area (Å²) < 4.78 is 5.68. The summed E-state index contributed by atoms with van der Waals surface area (Å²) in [6, 6.07) is 16.7. The Morgan fingerprint density at radius 1 is 1.19 bits per heavy atom. The van der Waals surface area contributed by atoms with Gasteiger partial charge in [0.05, 0.1) is 12.7 Å². The number of carbonyl (C=O) groups is 1. The Bertz CT molecular complexity index is 908. The molecule has 0 N–H and O–H groups in total. The first-order valence-electron chi connectivity index (χ1n) is 9.42. The summed E-state index contributed by atoms with van der Waals surface area (Å²) in [6.45, 7) is 4.91. The highest BCUT2D eigenvalue weighted by atomic mass is 16.3. The van der Waals surface area contributed by atoms with Gasteiger partial charge in [-0.2, -0.15) is 0 Å². The third kappa shape index (κ3) is 3.52. The average molecular weight is 347 g/mol. The molecule has 1 fully saturated rings. The van der Waals surface area contributed by atoms with E-state index in [1.807, 2.05) is 31.2 Å². The molecule has 1 unspecified atom stereocenters. The standard InChI is InChI=1S/C23H25NO2/c1-16-8-11-21-20(15-26-22(21)12-16)13-23(25)24(17(2)19-9-10-19)14-18-6-4-3-5-7-18/h3-8,11-12,15,17,19H,9-10,13-14H2,1-2H3. The fourth-order valence-corrected chi connectivity index (χ4v) is 3.66. The molecule has 1 aliphatic carbocycles. The normalized spacial score (nSPS) is 15.2. The maximum Gasteiger partial charge on any atom is 0.227 e. The van der Waals surface area contributed by atoms with Crippen LogP contribution in [0.4, 0.5) is 0 Å². The first-order chi connectivity index (χ1) is 12.6. The van der Waals surface area contributed by atoms with Crippen LogP contribution in [0.25, 0.3) is 11.0 Å². The SMILES string of the molecule is Cc1ccc2c(CC(=O)N(Cc3ccccc3)C(C)C3CC3)coc2c1. The molecule has 26 heavy (non-hydrogen) atoms. The Hall–Kier alpha value is -2.55. The van der Waals surface area contributed by atoms with Gasteiger partial charge in [0.15, 0.2) is 0 Å². The van der Waals surface area contributed by atoms with Crippen LogP contribution in [0.3, 0.4) is 0 Å². The molecule has 1 atom stereocenters. The lowest BCUT2D eigenvalue weighted by molar-refractivity contribution is -0.133. The fraction of sp³-hybridized carbons (Fsp3) is 0.348. The second kappa shape index (κ2) is 6.99. The Balaban J connectivity index is 1.57. The highest BCUT2D eigenvalue weighted by molar-refractivity contribution is 5.88. The molecule has 4 rings (SSSR count). The maximum atomic E-state index is 13.2. The highest BCUT2D eigenvalue weighted by Gasteiger charge is 2.34. The van der Waals surface area contributed by atoms with Crippen molar-refractivity contribution in [2.24, 2.45) is 5.92 Å². The molecule has 3 nitrogen and oxygen atoms in total. The zero-order valence-corrected chi connectivity index (χ0v) is 15.4. The smallest absolute Gasteiger partial charge is 0.227 e. The molecule has 0 radical (unpaired) electrons. The van der Waals surface area contributed by atoms with Crippen molar-refractivity contribution in [2.75, 3.05) is 0 Å². The lowest BCUT2D eigenvalue weighted by Crippen LogP contribution is -2.40. The van der Waals surface area contributed by atoms with Gasteiger partial charge in [-0.1, -0.05) is 42.5 Å². The number of furan rings is 1. The highest BCUT2D eigenvalue weighted by Crippen LogP contribution is 2.36. The van der Waals surface area contributed by atoms with Crippen molar-refractivity contribution < 1.29 is 9.21 Å². The zero-order valence-electron chi connectivity index (χ0n) is 15.4. The molecular formula is C23H25NO2. The van der Waals surface area contributed by atoms with Crippen LogP contribution in [0.2, 0.25) is 0 Å². The van der Waals surface area contributed by atoms with Gasteiger partial charge in [-0.3, -0.25) is 4.79 Å². The molecular weight excluding hydrogens is 322 g/mol. The first-order valence-corrected chi connectivity index (χ1v) is 9.42. The van der Waals surface area contributed by atoms with E-state index in [1.54, 1.807) is 6.26 Å². The third-order valence-corrected chi connectivity index (χ3v) is 5.46. The molecule has 0 spiro atoms. The molecule has 134 valence electrons. The van der Waals surface area contributed by atoms with Crippen molar-refractivity contribution in [2.45, 2.75) is 45.7 Å². The average Bonchev–Trinajstić information content (AvgIpc) is 3.43. The largest absolute Gasteiger partial charge is 0.464 e. The van der Waals surface area contributed by atoms with Crippen LogP contribution >= 0.6 is 0 Å². The molecule has 3 heteroatoms. The van der Waals surface area contributed by atoms with Crippen LogP contribution < -0.4 is 0 Å². The quantitative estimate of drug-likeness (QED) is 0.621. The van der Waals surface area contributed by atoms with Gasteiger partial charge in [0.1, 0.15) is 5.58 Å². The molecule has 0 aliphatic heterocycles. The lowest BCUT2D eigenvalue weighted by Gasteiger charge is -2.29. The second-order valence-corrected chi connectivity index (χ2v) is 7.52. The van der Waals surface area contributed by atoms with Crippen molar-refractivity contribution in [3.63, 3.8) is 0 Å². The van der Waals surface area contributed by atoms with Crippen LogP contribution in [-0.2, 0) is 17.8 Å². The molecule has 1 amide bonds. The van der Waals surface area contributed by atoms with Crippen LogP contribution in [-0.4, -0.2) is 16.8 Å². The Kier molecular flexibility index (Phi) is 4.54. The van der Waals surface area contributed by atoms with Crippen LogP contribution in [0, 0.1) is 12.8 Å². The van der Waals surface area contributed by atoms with E-state index in [9.17, 15) is 4.79 Å². The van der Waals surface area contributed by atoms with Crippen LogP contribution in [0.15, 0.2) is 59.2 Å². The van der Waals surface area contributed by atoms with Crippen molar-refractivity contribution in [1.29, 1.82) is 0 Å². The maximum absolute atomic E-state index is 13.2. The number of benzene rings is 2. The minimum Gasteiger partial charge on any atom is -0.464 e.